The van der Waals surface area contributed by atoms with Crippen molar-refractivity contribution >= 4 is 30.8 Å². The highest BCUT2D eigenvalue weighted by atomic mass is 35.5. The molecule has 4 rings (SSSR count). The Balaban J connectivity index is 1.81. The van der Waals surface area contributed by atoms with Gasteiger partial charge in [-0.2, -0.15) is 0 Å². The molecule has 4 aromatic rings. The van der Waals surface area contributed by atoms with Crippen molar-refractivity contribution in [2.45, 2.75) is 52.2 Å². The molecule has 3 aromatic carbocycles. The smallest absolute Gasteiger partial charge is 0.325 e. The van der Waals surface area contributed by atoms with Crippen molar-refractivity contribution in [2.24, 2.45) is 0 Å². The normalized spacial score (nSPS) is 13.9. The zero-order valence-electron chi connectivity index (χ0n) is 23.5. The topological polar surface area (TPSA) is 84.6 Å². The molecule has 0 saturated carbocycles. The first-order valence-corrected chi connectivity index (χ1v) is 15.5. The first-order chi connectivity index (χ1) is 18.9. The Kier molecular flexibility index (Phi) is 8.60. The molecule has 0 radical (unpaired) electrons. The Morgan fingerprint density at radius 2 is 1.61 bits per heavy atom. The fourth-order valence-corrected chi connectivity index (χ4v) is 5.93. The quantitative estimate of drug-likeness (QED) is 0.193. The molecule has 0 amide bonds. The molecule has 0 aliphatic carbocycles. The van der Waals surface area contributed by atoms with E-state index >= 15 is 4.39 Å². The molecule has 218 valence electrons. The average molecular weight is 623 g/mol. The number of nitrogens with zero attached hydrogens (tertiary/aromatic N) is 2. The number of benzene rings is 3. The van der Waals surface area contributed by atoms with E-state index < -0.39 is 30.2 Å². The van der Waals surface area contributed by atoms with Crippen LogP contribution in [-0.4, -0.2) is 26.2 Å². The van der Waals surface area contributed by atoms with Gasteiger partial charge in [-0.25, -0.2) is 13.8 Å². The van der Waals surface area contributed by atoms with Gasteiger partial charge in [0.1, 0.15) is 23.1 Å². The maximum absolute atomic E-state index is 15.9. The molecular weight excluding hydrogens is 592 g/mol. The number of hydrogen-bond donors (Lipinski definition) is 2. The van der Waals surface area contributed by atoms with E-state index in [1.54, 1.807) is 67.9 Å². The van der Waals surface area contributed by atoms with Crippen LogP contribution in [0.1, 0.15) is 55.9 Å². The monoisotopic (exact) mass is 622 g/mol. The lowest BCUT2D eigenvalue weighted by Crippen LogP contribution is -2.25. The molecule has 0 aliphatic heterocycles. The minimum Gasteiger partial charge on any atom is -0.384 e. The Morgan fingerprint density at radius 1 is 1.00 bits per heavy atom. The van der Waals surface area contributed by atoms with Gasteiger partial charge >= 0.3 is 7.60 Å². The number of aromatic nitrogens is 2. The van der Waals surface area contributed by atoms with Crippen molar-refractivity contribution in [2.75, 3.05) is 6.66 Å². The van der Waals surface area contributed by atoms with E-state index in [1.807, 2.05) is 13.8 Å². The molecule has 0 fully saturated rings. The summed E-state index contributed by atoms with van der Waals surface area (Å²) < 4.78 is 48.7. The third kappa shape index (κ3) is 6.59. The van der Waals surface area contributed by atoms with Crippen LogP contribution in [0.5, 0.6) is 0 Å². The summed E-state index contributed by atoms with van der Waals surface area (Å²) in [6.45, 7) is 9.21. The maximum Gasteiger partial charge on any atom is 0.325 e. The molecule has 0 saturated heterocycles. The van der Waals surface area contributed by atoms with Gasteiger partial charge < -0.3 is 14.5 Å². The molecule has 0 bridgehead atoms. The van der Waals surface area contributed by atoms with Crippen molar-refractivity contribution in [3.63, 3.8) is 0 Å². The van der Waals surface area contributed by atoms with Gasteiger partial charge in [0.15, 0.2) is 0 Å². The van der Waals surface area contributed by atoms with Gasteiger partial charge in [-0.1, -0.05) is 41.4 Å². The third-order valence-corrected chi connectivity index (χ3v) is 8.13. The van der Waals surface area contributed by atoms with Gasteiger partial charge in [0.05, 0.1) is 23.4 Å². The van der Waals surface area contributed by atoms with Gasteiger partial charge in [-0.15, -0.1) is 0 Å². The Hall–Kier alpha value is -2.58. The minimum atomic E-state index is -3.79. The Labute approximate surface area is 248 Å². The summed E-state index contributed by atoms with van der Waals surface area (Å²) in [5.74, 6) is -0.843. The SMILES string of the molecule is Cc1cc(-c2ccc(-n3cc(C(C)(C)O)nc3C(C)(C)c3c(Cl)cccc3Cl)c(F)c2)cc(F)c1COP(C)(=O)O. The fourth-order valence-electron chi connectivity index (χ4n) is 4.70. The summed E-state index contributed by atoms with van der Waals surface area (Å²) in [5.41, 5.74) is 0.329. The van der Waals surface area contributed by atoms with E-state index in [-0.39, 0.29) is 17.9 Å². The molecule has 0 spiro atoms. The van der Waals surface area contributed by atoms with Crippen LogP contribution >= 0.6 is 30.8 Å². The van der Waals surface area contributed by atoms with E-state index in [9.17, 15) is 19.0 Å². The van der Waals surface area contributed by atoms with Crippen LogP contribution in [0, 0.1) is 18.6 Å². The standard InChI is InChI=1S/C30H31Cl2F2N2O4P/c1-17-12-19(14-23(33)20(17)16-40-41(6,38)39)18-10-11-25(24(34)13-18)36-15-26(30(4,5)37)35-28(36)29(2,3)27-21(31)8-7-9-22(27)32/h7-15,37H,16H2,1-6H3,(H,38,39). The van der Waals surface area contributed by atoms with Crippen molar-refractivity contribution < 1.29 is 27.9 Å². The number of rotatable bonds is 8. The summed E-state index contributed by atoms with van der Waals surface area (Å²) in [6.07, 6.45) is 1.58. The van der Waals surface area contributed by atoms with Crippen LogP contribution in [0.25, 0.3) is 16.8 Å². The van der Waals surface area contributed by atoms with Crippen LogP contribution in [0.3, 0.4) is 0 Å². The number of aliphatic hydroxyl groups is 1. The van der Waals surface area contributed by atoms with Crippen LogP contribution in [0.15, 0.2) is 54.7 Å². The largest absolute Gasteiger partial charge is 0.384 e. The number of aryl methyl sites for hydroxylation is 1. The zero-order valence-corrected chi connectivity index (χ0v) is 25.9. The van der Waals surface area contributed by atoms with Crippen molar-refractivity contribution in [3.8, 4) is 16.8 Å². The molecule has 1 unspecified atom stereocenters. The Morgan fingerprint density at radius 3 is 2.15 bits per heavy atom. The van der Waals surface area contributed by atoms with E-state index in [2.05, 4.69) is 0 Å². The fraction of sp³-hybridized carbons (Fsp3) is 0.300. The average Bonchev–Trinajstić information content (AvgIpc) is 3.29. The highest BCUT2D eigenvalue weighted by Crippen LogP contribution is 2.42. The molecule has 11 heteroatoms. The van der Waals surface area contributed by atoms with E-state index in [4.69, 9.17) is 32.7 Å². The number of imidazole rings is 1. The summed E-state index contributed by atoms with van der Waals surface area (Å²) in [6, 6.07) is 12.5. The van der Waals surface area contributed by atoms with Crippen LogP contribution in [0.2, 0.25) is 10.0 Å². The summed E-state index contributed by atoms with van der Waals surface area (Å²) in [4.78, 5) is 14.1. The van der Waals surface area contributed by atoms with E-state index in [0.717, 1.165) is 6.66 Å². The van der Waals surface area contributed by atoms with Crippen molar-refractivity contribution in [1.82, 2.24) is 9.55 Å². The predicted octanol–water partition coefficient (Wildman–Crippen LogP) is 8.32. The maximum atomic E-state index is 15.9. The molecule has 6 nitrogen and oxygen atoms in total. The van der Waals surface area contributed by atoms with Gasteiger partial charge in [-0.05, 0) is 81.6 Å². The van der Waals surface area contributed by atoms with Gasteiger partial charge in [0.2, 0.25) is 0 Å². The number of halogens is 4. The summed E-state index contributed by atoms with van der Waals surface area (Å²) >= 11 is 13.1. The van der Waals surface area contributed by atoms with Crippen molar-refractivity contribution in [3.05, 3.63) is 105 Å². The summed E-state index contributed by atoms with van der Waals surface area (Å²) in [5, 5.41) is 11.6. The zero-order chi connectivity index (χ0) is 30.5. The summed E-state index contributed by atoms with van der Waals surface area (Å²) in [7, 11) is -3.79. The molecule has 0 aliphatic rings. The molecule has 41 heavy (non-hydrogen) atoms. The predicted molar refractivity (Wildman–Crippen MR) is 158 cm³/mol. The molecule has 1 aromatic heterocycles. The lowest BCUT2D eigenvalue weighted by atomic mass is 9.83. The lowest BCUT2D eigenvalue weighted by Gasteiger charge is -2.28. The van der Waals surface area contributed by atoms with E-state index in [0.29, 0.717) is 43.8 Å². The van der Waals surface area contributed by atoms with Gasteiger partial charge in [0, 0.05) is 34.0 Å². The minimum absolute atomic E-state index is 0.143. The molecule has 1 heterocycles. The second-order valence-electron chi connectivity index (χ2n) is 11.1. The molecular formula is C30H31Cl2F2N2O4P. The van der Waals surface area contributed by atoms with Crippen molar-refractivity contribution in [1.29, 1.82) is 0 Å². The highest BCUT2D eigenvalue weighted by Gasteiger charge is 2.35. The highest BCUT2D eigenvalue weighted by molar-refractivity contribution is 7.51. The molecule has 1 atom stereocenters. The Bertz CT molecular complexity index is 1630. The third-order valence-electron chi connectivity index (χ3n) is 6.89. The second-order valence-corrected chi connectivity index (χ2v) is 13.8. The lowest BCUT2D eigenvalue weighted by molar-refractivity contribution is 0.0740. The number of hydrogen-bond acceptors (Lipinski definition) is 4. The second kappa shape index (κ2) is 11.3. The van der Waals surface area contributed by atoms with Gasteiger partial charge in [-0.3, -0.25) is 9.13 Å². The molecule has 2 N–H and O–H groups in total. The van der Waals surface area contributed by atoms with Gasteiger partial charge in [0.25, 0.3) is 0 Å². The van der Waals surface area contributed by atoms with Crippen LogP contribution < -0.4 is 0 Å². The van der Waals surface area contributed by atoms with E-state index in [1.165, 1.54) is 12.1 Å². The van der Waals surface area contributed by atoms with Crippen LogP contribution in [-0.2, 0) is 26.7 Å². The first-order valence-electron chi connectivity index (χ1n) is 12.7. The van der Waals surface area contributed by atoms with Crippen LogP contribution in [0.4, 0.5) is 8.78 Å². The first kappa shape index (κ1) is 31.4.